The molecule has 0 radical (unpaired) electrons. The predicted octanol–water partition coefficient (Wildman–Crippen LogP) is 3.33. The lowest BCUT2D eigenvalue weighted by Gasteiger charge is -2.06. The molecule has 0 aliphatic heterocycles. The van der Waals surface area contributed by atoms with Gasteiger partial charge in [-0.05, 0) is 31.0 Å². The molecular formula is C16H15ClN2O. The molecule has 1 aromatic carbocycles. The summed E-state index contributed by atoms with van der Waals surface area (Å²) in [6, 6.07) is 13.9. The molecule has 20 heavy (non-hydrogen) atoms. The Hall–Kier alpha value is -1.87. The largest absolute Gasteiger partial charge is 0.349 e. The minimum absolute atomic E-state index is 0.147. The molecular weight excluding hydrogens is 272 g/mol. The number of aromatic nitrogens is 1. The van der Waals surface area contributed by atoms with Gasteiger partial charge in [0.05, 0.1) is 5.56 Å². The van der Waals surface area contributed by atoms with Gasteiger partial charge in [0.1, 0.15) is 5.15 Å². The van der Waals surface area contributed by atoms with Crippen LogP contribution in [-0.4, -0.2) is 16.9 Å². The summed E-state index contributed by atoms with van der Waals surface area (Å²) in [6.07, 6.45) is 0.979. The van der Waals surface area contributed by atoms with E-state index >= 15 is 0 Å². The average molecular weight is 287 g/mol. The SMILES string of the molecule is Cc1ccc(C(=O)NC2CC2c2ccccc2)c(Cl)n1. The highest BCUT2D eigenvalue weighted by atomic mass is 35.5. The number of nitrogens with zero attached hydrogens (tertiary/aromatic N) is 1. The molecule has 102 valence electrons. The van der Waals surface area contributed by atoms with Gasteiger partial charge in [-0.25, -0.2) is 4.98 Å². The van der Waals surface area contributed by atoms with Crippen molar-refractivity contribution in [2.75, 3.05) is 0 Å². The summed E-state index contributed by atoms with van der Waals surface area (Å²) in [6.45, 7) is 1.85. The molecule has 1 heterocycles. The van der Waals surface area contributed by atoms with Gasteiger partial charge < -0.3 is 5.32 Å². The molecule has 4 heteroatoms. The maximum atomic E-state index is 12.2. The monoisotopic (exact) mass is 286 g/mol. The molecule has 1 amide bonds. The van der Waals surface area contributed by atoms with Gasteiger partial charge in [0.25, 0.3) is 5.91 Å². The molecule has 2 aromatic rings. The fourth-order valence-electron chi connectivity index (χ4n) is 2.36. The van der Waals surface area contributed by atoms with Crippen molar-refractivity contribution in [3.8, 4) is 0 Å². The number of halogens is 1. The first-order valence-electron chi connectivity index (χ1n) is 6.64. The van der Waals surface area contributed by atoms with E-state index in [9.17, 15) is 4.79 Å². The Labute approximate surface area is 123 Å². The Kier molecular flexibility index (Phi) is 3.45. The molecule has 1 aromatic heterocycles. The van der Waals surface area contributed by atoms with Gasteiger partial charge in [-0.3, -0.25) is 4.79 Å². The highest BCUT2D eigenvalue weighted by molar-refractivity contribution is 6.32. The van der Waals surface area contributed by atoms with Crippen molar-refractivity contribution in [2.24, 2.45) is 0 Å². The molecule has 1 saturated carbocycles. The fraction of sp³-hybridized carbons (Fsp3) is 0.250. The Morgan fingerprint density at radius 3 is 2.70 bits per heavy atom. The first-order chi connectivity index (χ1) is 9.65. The number of rotatable bonds is 3. The minimum atomic E-state index is -0.147. The number of amides is 1. The fourth-order valence-corrected chi connectivity index (χ4v) is 2.65. The van der Waals surface area contributed by atoms with E-state index in [1.54, 1.807) is 12.1 Å². The molecule has 1 N–H and O–H groups in total. The third kappa shape index (κ3) is 2.68. The molecule has 1 fully saturated rings. The molecule has 2 unspecified atom stereocenters. The van der Waals surface area contributed by atoms with Crippen LogP contribution in [0.2, 0.25) is 5.15 Å². The van der Waals surface area contributed by atoms with E-state index in [0.29, 0.717) is 11.5 Å². The maximum absolute atomic E-state index is 12.2. The first kappa shape index (κ1) is 13.1. The zero-order valence-corrected chi connectivity index (χ0v) is 11.9. The number of nitrogens with one attached hydrogen (secondary N) is 1. The number of pyridine rings is 1. The normalized spacial score (nSPS) is 20.5. The topological polar surface area (TPSA) is 42.0 Å². The van der Waals surface area contributed by atoms with E-state index in [1.807, 2.05) is 25.1 Å². The van der Waals surface area contributed by atoms with Gasteiger partial charge in [0.15, 0.2) is 0 Å². The molecule has 3 nitrogen and oxygen atoms in total. The summed E-state index contributed by atoms with van der Waals surface area (Å²) in [7, 11) is 0. The van der Waals surface area contributed by atoms with Gasteiger partial charge in [-0.15, -0.1) is 0 Å². The van der Waals surface area contributed by atoms with E-state index in [2.05, 4.69) is 22.4 Å². The zero-order valence-electron chi connectivity index (χ0n) is 11.1. The zero-order chi connectivity index (χ0) is 14.1. The standard InChI is InChI=1S/C16H15ClN2O/c1-10-7-8-12(15(17)18-10)16(20)19-14-9-13(14)11-5-3-2-4-6-11/h2-8,13-14H,9H2,1H3,(H,19,20). The predicted molar refractivity (Wildman–Crippen MR) is 79.0 cm³/mol. The van der Waals surface area contributed by atoms with E-state index in [-0.39, 0.29) is 17.1 Å². The molecule has 1 aliphatic rings. The molecule has 0 bridgehead atoms. The number of aryl methyl sites for hydroxylation is 1. The second-order valence-corrected chi connectivity index (χ2v) is 5.48. The Morgan fingerprint density at radius 1 is 1.25 bits per heavy atom. The Bertz CT molecular complexity index is 642. The molecule has 0 saturated heterocycles. The molecule has 0 spiro atoms. The van der Waals surface area contributed by atoms with Crippen LogP contribution in [0.25, 0.3) is 0 Å². The third-order valence-corrected chi connectivity index (χ3v) is 3.86. The maximum Gasteiger partial charge on any atom is 0.254 e. The van der Waals surface area contributed by atoms with E-state index < -0.39 is 0 Å². The van der Waals surface area contributed by atoms with Gasteiger partial charge in [-0.1, -0.05) is 41.9 Å². The third-order valence-electron chi connectivity index (χ3n) is 3.57. The van der Waals surface area contributed by atoms with Crippen LogP contribution in [0, 0.1) is 6.92 Å². The lowest BCUT2D eigenvalue weighted by atomic mass is 10.1. The summed E-state index contributed by atoms with van der Waals surface area (Å²) < 4.78 is 0. The van der Waals surface area contributed by atoms with E-state index in [1.165, 1.54) is 5.56 Å². The van der Waals surface area contributed by atoms with Gasteiger partial charge in [-0.2, -0.15) is 0 Å². The van der Waals surface area contributed by atoms with E-state index in [4.69, 9.17) is 11.6 Å². The summed E-state index contributed by atoms with van der Waals surface area (Å²) >= 11 is 6.01. The highest BCUT2D eigenvalue weighted by Gasteiger charge is 2.39. The van der Waals surface area contributed by atoms with Crippen molar-refractivity contribution in [3.05, 3.63) is 64.4 Å². The van der Waals surface area contributed by atoms with Crippen LogP contribution in [-0.2, 0) is 0 Å². The first-order valence-corrected chi connectivity index (χ1v) is 7.02. The number of hydrogen-bond donors (Lipinski definition) is 1. The number of hydrogen-bond acceptors (Lipinski definition) is 2. The van der Waals surface area contributed by atoms with Crippen LogP contribution < -0.4 is 5.32 Å². The van der Waals surface area contributed by atoms with Crippen LogP contribution >= 0.6 is 11.6 Å². The van der Waals surface area contributed by atoms with Gasteiger partial charge in [0.2, 0.25) is 0 Å². The van der Waals surface area contributed by atoms with Crippen molar-refractivity contribution in [3.63, 3.8) is 0 Å². The van der Waals surface area contributed by atoms with Crippen LogP contribution in [0.15, 0.2) is 42.5 Å². The van der Waals surface area contributed by atoms with Crippen molar-refractivity contribution in [2.45, 2.75) is 25.3 Å². The van der Waals surface area contributed by atoms with Crippen LogP contribution in [0.4, 0.5) is 0 Å². The number of carbonyl (C=O) groups excluding carboxylic acids is 1. The number of benzene rings is 1. The molecule has 3 rings (SSSR count). The smallest absolute Gasteiger partial charge is 0.254 e. The lowest BCUT2D eigenvalue weighted by Crippen LogP contribution is -2.27. The number of carbonyl (C=O) groups is 1. The summed E-state index contributed by atoms with van der Waals surface area (Å²) in [5, 5.41) is 3.28. The summed E-state index contributed by atoms with van der Waals surface area (Å²) in [4.78, 5) is 16.3. The van der Waals surface area contributed by atoms with Crippen molar-refractivity contribution < 1.29 is 4.79 Å². The molecule has 2 atom stereocenters. The summed E-state index contributed by atoms with van der Waals surface area (Å²) in [5.74, 6) is 0.267. The second-order valence-electron chi connectivity index (χ2n) is 5.12. The van der Waals surface area contributed by atoms with Crippen LogP contribution in [0.5, 0.6) is 0 Å². The van der Waals surface area contributed by atoms with E-state index in [0.717, 1.165) is 12.1 Å². The van der Waals surface area contributed by atoms with Gasteiger partial charge >= 0.3 is 0 Å². The van der Waals surface area contributed by atoms with Gasteiger partial charge in [0, 0.05) is 17.7 Å². The average Bonchev–Trinajstić information content (AvgIpc) is 3.18. The molecule has 1 aliphatic carbocycles. The summed E-state index contributed by atoms with van der Waals surface area (Å²) in [5.41, 5.74) is 2.52. The Balaban J connectivity index is 1.66. The van der Waals surface area contributed by atoms with Crippen LogP contribution in [0.1, 0.15) is 34.0 Å². The van der Waals surface area contributed by atoms with Crippen molar-refractivity contribution in [1.82, 2.24) is 10.3 Å². The van der Waals surface area contributed by atoms with Crippen molar-refractivity contribution >= 4 is 17.5 Å². The van der Waals surface area contributed by atoms with Crippen molar-refractivity contribution in [1.29, 1.82) is 0 Å². The second kappa shape index (κ2) is 5.25. The van der Waals surface area contributed by atoms with Crippen LogP contribution in [0.3, 0.4) is 0 Å². The quantitative estimate of drug-likeness (QED) is 0.880. The lowest BCUT2D eigenvalue weighted by molar-refractivity contribution is 0.0950. The minimum Gasteiger partial charge on any atom is -0.349 e. The Morgan fingerprint density at radius 2 is 2.00 bits per heavy atom. The highest BCUT2D eigenvalue weighted by Crippen LogP contribution is 2.40.